The van der Waals surface area contributed by atoms with E-state index in [0.717, 1.165) is 19.3 Å². The molecular weight excluding hydrogens is 158 g/mol. The maximum absolute atomic E-state index is 9.15. The zero-order valence-corrected chi connectivity index (χ0v) is 7.66. The van der Waals surface area contributed by atoms with E-state index in [2.05, 4.69) is 24.8 Å². The summed E-state index contributed by atoms with van der Waals surface area (Å²) in [5.41, 5.74) is -0.230. The van der Waals surface area contributed by atoms with Crippen molar-refractivity contribution in [2.45, 2.75) is 19.3 Å². The molecule has 2 rings (SSSR count). The zero-order chi connectivity index (χ0) is 9.36. The number of nitrogens with zero attached hydrogens (tertiary/aromatic N) is 1. The quantitative estimate of drug-likeness (QED) is 0.586. The predicted molar refractivity (Wildman–Crippen MR) is 52.8 cm³/mol. The van der Waals surface area contributed by atoms with Crippen LogP contribution in [0.15, 0.2) is 37.0 Å². The van der Waals surface area contributed by atoms with E-state index in [9.17, 15) is 0 Å². The van der Waals surface area contributed by atoms with E-state index in [4.69, 9.17) is 5.26 Å². The van der Waals surface area contributed by atoms with Gasteiger partial charge in [0.25, 0.3) is 0 Å². The second-order valence-corrected chi connectivity index (χ2v) is 3.93. The van der Waals surface area contributed by atoms with Crippen LogP contribution < -0.4 is 0 Å². The standard InChI is InChI=1S/C12H13N/c1-2-11(6-4-3-5-7-11)12(10-13)8-9-12/h2-6H,1,7-9H2. The molecule has 0 aromatic carbocycles. The van der Waals surface area contributed by atoms with Crippen LogP contribution in [0.1, 0.15) is 19.3 Å². The molecule has 0 aliphatic heterocycles. The van der Waals surface area contributed by atoms with Crippen molar-refractivity contribution in [3.8, 4) is 6.07 Å². The van der Waals surface area contributed by atoms with Gasteiger partial charge in [0.1, 0.15) is 0 Å². The van der Waals surface area contributed by atoms with Gasteiger partial charge in [0.05, 0.1) is 11.5 Å². The molecule has 0 radical (unpaired) electrons. The predicted octanol–water partition coefficient (Wildman–Crippen LogP) is 2.98. The van der Waals surface area contributed by atoms with E-state index < -0.39 is 0 Å². The normalized spacial score (nSPS) is 33.8. The van der Waals surface area contributed by atoms with Crippen LogP contribution in [0.5, 0.6) is 0 Å². The van der Waals surface area contributed by atoms with Crippen molar-refractivity contribution in [1.82, 2.24) is 0 Å². The van der Waals surface area contributed by atoms with Gasteiger partial charge in [-0.25, -0.2) is 0 Å². The van der Waals surface area contributed by atoms with Gasteiger partial charge in [-0.1, -0.05) is 30.4 Å². The van der Waals surface area contributed by atoms with Crippen molar-refractivity contribution in [1.29, 1.82) is 5.26 Å². The summed E-state index contributed by atoms with van der Waals surface area (Å²) in [4.78, 5) is 0. The van der Waals surface area contributed by atoms with Gasteiger partial charge in [-0.2, -0.15) is 5.26 Å². The molecule has 0 saturated heterocycles. The van der Waals surface area contributed by atoms with Crippen molar-refractivity contribution in [2.75, 3.05) is 0 Å². The first-order valence-electron chi connectivity index (χ1n) is 4.68. The average Bonchev–Trinajstić information content (AvgIpc) is 3.00. The first kappa shape index (κ1) is 8.31. The van der Waals surface area contributed by atoms with Crippen LogP contribution in [0.3, 0.4) is 0 Å². The highest BCUT2D eigenvalue weighted by Gasteiger charge is 2.56. The number of hydrogen-bond acceptors (Lipinski definition) is 1. The van der Waals surface area contributed by atoms with Crippen LogP contribution in [0.2, 0.25) is 0 Å². The topological polar surface area (TPSA) is 23.8 Å². The lowest BCUT2D eigenvalue weighted by Gasteiger charge is -2.32. The minimum Gasteiger partial charge on any atom is -0.198 e. The lowest BCUT2D eigenvalue weighted by Crippen LogP contribution is -2.27. The molecule has 0 heterocycles. The van der Waals surface area contributed by atoms with Gasteiger partial charge < -0.3 is 0 Å². The fraction of sp³-hybridized carbons (Fsp3) is 0.417. The van der Waals surface area contributed by atoms with E-state index in [1.165, 1.54) is 0 Å². The minimum absolute atomic E-state index is 0.0868. The Kier molecular flexibility index (Phi) is 1.66. The van der Waals surface area contributed by atoms with E-state index >= 15 is 0 Å². The largest absolute Gasteiger partial charge is 0.198 e. The first-order valence-corrected chi connectivity index (χ1v) is 4.68. The second-order valence-electron chi connectivity index (χ2n) is 3.93. The summed E-state index contributed by atoms with van der Waals surface area (Å²) in [7, 11) is 0. The summed E-state index contributed by atoms with van der Waals surface area (Å²) in [6, 6.07) is 2.46. The fourth-order valence-electron chi connectivity index (χ4n) is 2.14. The van der Waals surface area contributed by atoms with Crippen molar-refractivity contribution in [3.63, 3.8) is 0 Å². The average molecular weight is 171 g/mol. The molecule has 0 aromatic rings. The highest BCUT2D eigenvalue weighted by molar-refractivity contribution is 5.34. The maximum Gasteiger partial charge on any atom is 0.0703 e. The molecule has 1 fully saturated rings. The van der Waals surface area contributed by atoms with Gasteiger partial charge in [0.2, 0.25) is 0 Å². The molecule has 0 N–H and O–H groups in total. The highest BCUT2D eigenvalue weighted by Crippen LogP contribution is 2.61. The molecule has 2 aliphatic rings. The van der Waals surface area contributed by atoms with Gasteiger partial charge in [-0.05, 0) is 19.3 Å². The molecule has 1 saturated carbocycles. The van der Waals surface area contributed by atoms with Gasteiger partial charge in [0.15, 0.2) is 0 Å². The Hall–Kier alpha value is -1.29. The number of allylic oxidation sites excluding steroid dienone is 5. The Morgan fingerprint density at radius 3 is 2.54 bits per heavy atom. The molecule has 1 heteroatoms. The van der Waals surface area contributed by atoms with Crippen molar-refractivity contribution < 1.29 is 0 Å². The number of nitriles is 1. The fourth-order valence-corrected chi connectivity index (χ4v) is 2.14. The molecule has 66 valence electrons. The third-order valence-corrected chi connectivity index (χ3v) is 3.32. The zero-order valence-electron chi connectivity index (χ0n) is 7.66. The smallest absolute Gasteiger partial charge is 0.0703 e. The lowest BCUT2D eigenvalue weighted by atomic mass is 9.69. The molecule has 1 atom stereocenters. The van der Waals surface area contributed by atoms with Gasteiger partial charge in [-0.3, -0.25) is 0 Å². The highest BCUT2D eigenvalue weighted by atomic mass is 14.6. The van der Waals surface area contributed by atoms with E-state index in [1.54, 1.807) is 0 Å². The molecule has 1 nitrogen and oxygen atoms in total. The van der Waals surface area contributed by atoms with Crippen molar-refractivity contribution >= 4 is 0 Å². The third-order valence-electron chi connectivity index (χ3n) is 3.32. The molecule has 0 spiro atoms. The Labute approximate surface area is 79.1 Å². The number of hydrogen-bond donors (Lipinski definition) is 0. The SMILES string of the molecule is C=CC1(C2(C#N)CC2)C=CC=CC1. The molecule has 0 amide bonds. The summed E-state index contributed by atoms with van der Waals surface area (Å²) < 4.78 is 0. The Morgan fingerprint density at radius 2 is 2.15 bits per heavy atom. The van der Waals surface area contributed by atoms with Crippen LogP contribution in [0.25, 0.3) is 0 Å². The monoisotopic (exact) mass is 171 g/mol. The second kappa shape index (κ2) is 2.60. The van der Waals surface area contributed by atoms with Crippen LogP contribution >= 0.6 is 0 Å². The van der Waals surface area contributed by atoms with Gasteiger partial charge >= 0.3 is 0 Å². The summed E-state index contributed by atoms with van der Waals surface area (Å²) in [5.74, 6) is 0. The van der Waals surface area contributed by atoms with E-state index in [1.807, 2.05) is 18.2 Å². The molecule has 0 bridgehead atoms. The lowest BCUT2D eigenvalue weighted by molar-refractivity contribution is 0.346. The van der Waals surface area contributed by atoms with Gasteiger partial charge in [0, 0.05) is 5.41 Å². The minimum atomic E-state index is -0.143. The molecule has 1 unspecified atom stereocenters. The van der Waals surface area contributed by atoms with Crippen LogP contribution in [0, 0.1) is 22.2 Å². The summed E-state index contributed by atoms with van der Waals surface area (Å²) >= 11 is 0. The first-order chi connectivity index (χ1) is 6.29. The Balaban J connectivity index is 2.37. The number of rotatable bonds is 2. The molecule has 0 aromatic heterocycles. The van der Waals surface area contributed by atoms with Crippen LogP contribution in [0.4, 0.5) is 0 Å². The molecule has 2 aliphatic carbocycles. The van der Waals surface area contributed by atoms with Crippen molar-refractivity contribution in [2.24, 2.45) is 10.8 Å². The molecular formula is C12H13N. The van der Waals surface area contributed by atoms with Crippen LogP contribution in [-0.4, -0.2) is 0 Å². The van der Waals surface area contributed by atoms with E-state index in [-0.39, 0.29) is 10.8 Å². The summed E-state index contributed by atoms with van der Waals surface area (Å²) in [6.07, 6.45) is 13.2. The maximum atomic E-state index is 9.15. The summed E-state index contributed by atoms with van der Waals surface area (Å²) in [6.45, 7) is 3.87. The Morgan fingerprint density at radius 1 is 1.38 bits per heavy atom. The Bertz CT molecular complexity index is 326. The van der Waals surface area contributed by atoms with Gasteiger partial charge in [-0.15, -0.1) is 6.58 Å². The molecule has 13 heavy (non-hydrogen) atoms. The third kappa shape index (κ3) is 0.986. The summed E-state index contributed by atoms with van der Waals surface area (Å²) in [5, 5.41) is 9.15. The van der Waals surface area contributed by atoms with E-state index in [0.29, 0.717) is 0 Å². The van der Waals surface area contributed by atoms with Crippen molar-refractivity contribution in [3.05, 3.63) is 37.0 Å². The van der Waals surface area contributed by atoms with Crippen LogP contribution in [-0.2, 0) is 0 Å².